The zero-order valence-electron chi connectivity index (χ0n) is 13.5. The van der Waals surface area contributed by atoms with Gasteiger partial charge in [0.05, 0.1) is 22.5 Å². The van der Waals surface area contributed by atoms with Crippen molar-refractivity contribution in [2.24, 2.45) is 0 Å². The van der Waals surface area contributed by atoms with Crippen LogP contribution in [-0.4, -0.2) is 31.1 Å². The lowest BCUT2D eigenvalue weighted by atomic mass is 10.1. The van der Waals surface area contributed by atoms with E-state index in [-0.39, 0.29) is 18.4 Å². The first-order chi connectivity index (χ1) is 12.7. The molecule has 4 aromatic rings. The van der Waals surface area contributed by atoms with Crippen molar-refractivity contribution in [2.75, 3.05) is 0 Å². The lowest BCUT2D eigenvalue weighted by Gasteiger charge is -2.11. The van der Waals surface area contributed by atoms with Gasteiger partial charge in [-0.1, -0.05) is 12.1 Å². The maximum atomic E-state index is 12.5. The highest BCUT2D eigenvalue weighted by molar-refractivity contribution is 7.15. The van der Waals surface area contributed by atoms with Crippen molar-refractivity contribution >= 4 is 28.9 Å². The van der Waals surface area contributed by atoms with E-state index < -0.39 is 0 Å². The highest BCUT2D eigenvalue weighted by Crippen LogP contribution is 2.30. The van der Waals surface area contributed by atoms with E-state index in [2.05, 4.69) is 9.97 Å². The third kappa shape index (κ3) is 2.25. The number of imidazole rings is 1. The Morgan fingerprint density at radius 1 is 0.962 bits per heavy atom. The Morgan fingerprint density at radius 2 is 1.73 bits per heavy atom. The van der Waals surface area contributed by atoms with E-state index in [1.807, 2.05) is 35.0 Å². The van der Waals surface area contributed by atoms with Gasteiger partial charge in [-0.25, -0.2) is 9.97 Å². The Kier molecular flexibility index (Phi) is 3.23. The van der Waals surface area contributed by atoms with Gasteiger partial charge in [0.1, 0.15) is 5.69 Å². The maximum Gasteiger partial charge on any atom is 0.261 e. The Hall–Kier alpha value is -3.32. The number of fused-ring (bicyclic) bond motifs is 2. The van der Waals surface area contributed by atoms with E-state index in [0.717, 1.165) is 15.4 Å². The fourth-order valence-corrected chi connectivity index (χ4v) is 4.04. The molecule has 4 heterocycles. The van der Waals surface area contributed by atoms with Crippen LogP contribution in [0.15, 0.2) is 61.1 Å². The number of hydrogen-bond donors (Lipinski definition) is 0. The molecule has 0 aliphatic carbocycles. The molecule has 0 bridgehead atoms. The summed E-state index contributed by atoms with van der Waals surface area (Å²) in [5.41, 5.74) is 1.77. The van der Waals surface area contributed by atoms with Crippen molar-refractivity contribution in [3.63, 3.8) is 0 Å². The van der Waals surface area contributed by atoms with Gasteiger partial charge in [-0.05, 0) is 30.3 Å². The number of nitrogens with zero attached hydrogens (tertiary/aromatic N) is 4. The van der Waals surface area contributed by atoms with Crippen LogP contribution in [0.2, 0.25) is 0 Å². The third-order valence-corrected chi connectivity index (χ3v) is 5.43. The molecule has 1 aliphatic rings. The van der Waals surface area contributed by atoms with Crippen molar-refractivity contribution in [1.29, 1.82) is 0 Å². The van der Waals surface area contributed by atoms with Gasteiger partial charge in [0.25, 0.3) is 11.8 Å². The number of imide groups is 1. The molecule has 6 nitrogen and oxygen atoms in total. The minimum atomic E-state index is -0.238. The summed E-state index contributed by atoms with van der Waals surface area (Å²) in [7, 11) is 0. The monoisotopic (exact) mass is 360 g/mol. The molecule has 5 rings (SSSR count). The summed E-state index contributed by atoms with van der Waals surface area (Å²) in [6.45, 7) is 0.267. The van der Waals surface area contributed by atoms with Crippen molar-refractivity contribution in [2.45, 2.75) is 6.54 Å². The highest BCUT2D eigenvalue weighted by Gasteiger charge is 2.35. The summed E-state index contributed by atoms with van der Waals surface area (Å²) in [6.07, 6.45) is 5.51. The second kappa shape index (κ2) is 5.60. The number of hydrogen-bond acceptors (Lipinski definition) is 5. The average molecular weight is 360 g/mol. The van der Waals surface area contributed by atoms with E-state index in [4.69, 9.17) is 0 Å². The number of benzene rings is 1. The molecule has 1 aromatic carbocycles. The molecule has 2 amide bonds. The summed E-state index contributed by atoms with van der Waals surface area (Å²) in [6, 6.07) is 12.7. The first-order valence-electron chi connectivity index (χ1n) is 8.05. The van der Waals surface area contributed by atoms with Crippen LogP contribution >= 0.6 is 11.3 Å². The molecule has 126 valence electrons. The van der Waals surface area contributed by atoms with Crippen LogP contribution in [0.1, 0.15) is 25.6 Å². The molecule has 0 fully saturated rings. The SMILES string of the molecule is O=C1c2ccccc2C(=O)N1Cc1ccc(-c2cn3cccnc3n2)s1. The Balaban J connectivity index is 1.43. The minimum absolute atomic E-state index is 0.238. The number of amides is 2. The Labute approximate surface area is 152 Å². The third-order valence-electron chi connectivity index (χ3n) is 4.34. The van der Waals surface area contributed by atoms with Crippen molar-refractivity contribution in [3.8, 4) is 10.6 Å². The lowest BCUT2D eigenvalue weighted by molar-refractivity contribution is 0.0644. The minimum Gasteiger partial charge on any atom is -0.290 e. The van der Waals surface area contributed by atoms with Crippen LogP contribution in [0.25, 0.3) is 16.3 Å². The molecular weight excluding hydrogens is 348 g/mol. The first kappa shape index (κ1) is 15.0. The molecular formula is C19H12N4O2S. The molecule has 3 aromatic heterocycles. The predicted octanol–water partition coefficient (Wildman–Crippen LogP) is 3.25. The van der Waals surface area contributed by atoms with Gasteiger partial charge in [-0.15, -0.1) is 11.3 Å². The van der Waals surface area contributed by atoms with Crippen molar-refractivity contribution < 1.29 is 9.59 Å². The van der Waals surface area contributed by atoms with E-state index >= 15 is 0 Å². The van der Waals surface area contributed by atoms with Gasteiger partial charge in [-0.3, -0.25) is 18.9 Å². The number of carbonyl (C=O) groups is 2. The summed E-state index contributed by atoms with van der Waals surface area (Å²) in [4.78, 5) is 36.9. The van der Waals surface area contributed by atoms with Gasteiger partial charge in [-0.2, -0.15) is 0 Å². The standard InChI is InChI=1S/C19H12N4O2S/c24-17-13-4-1-2-5-14(13)18(25)23(17)10-12-6-7-16(26-12)15-11-22-9-3-8-20-19(22)21-15/h1-9,11H,10H2. The average Bonchev–Trinajstić information content (AvgIpc) is 3.36. The molecule has 0 N–H and O–H groups in total. The largest absolute Gasteiger partial charge is 0.290 e. The van der Waals surface area contributed by atoms with Crippen LogP contribution in [0.3, 0.4) is 0 Å². The number of rotatable bonds is 3. The second-order valence-corrected chi connectivity index (χ2v) is 7.13. The molecule has 0 saturated heterocycles. The topological polar surface area (TPSA) is 67.6 Å². The van der Waals surface area contributed by atoms with Gasteiger partial charge < -0.3 is 0 Å². The second-order valence-electron chi connectivity index (χ2n) is 5.96. The van der Waals surface area contributed by atoms with E-state index in [1.165, 1.54) is 16.2 Å². The number of aromatic nitrogens is 3. The molecule has 0 saturated carbocycles. The fraction of sp³-hybridized carbons (Fsp3) is 0.0526. The van der Waals surface area contributed by atoms with Crippen LogP contribution in [0.4, 0.5) is 0 Å². The quantitative estimate of drug-likeness (QED) is 0.526. The lowest BCUT2D eigenvalue weighted by Crippen LogP contribution is -2.28. The molecule has 26 heavy (non-hydrogen) atoms. The molecule has 0 spiro atoms. The van der Waals surface area contributed by atoms with Crippen molar-refractivity contribution in [1.82, 2.24) is 19.3 Å². The van der Waals surface area contributed by atoms with Gasteiger partial charge in [0.2, 0.25) is 5.78 Å². The molecule has 0 unspecified atom stereocenters. The first-order valence-corrected chi connectivity index (χ1v) is 8.86. The van der Waals surface area contributed by atoms with Crippen LogP contribution < -0.4 is 0 Å². The highest BCUT2D eigenvalue weighted by atomic mass is 32.1. The summed E-state index contributed by atoms with van der Waals surface area (Å²) in [5.74, 6) is 0.160. The summed E-state index contributed by atoms with van der Waals surface area (Å²) in [5, 5.41) is 0. The number of thiophene rings is 1. The molecule has 0 atom stereocenters. The maximum absolute atomic E-state index is 12.5. The van der Waals surface area contributed by atoms with E-state index in [0.29, 0.717) is 16.9 Å². The van der Waals surface area contributed by atoms with Crippen molar-refractivity contribution in [3.05, 3.63) is 77.1 Å². The van der Waals surface area contributed by atoms with E-state index in [9.17, 15) is 9.59 Å². The normalized spacial score (nSPS) is 13.6. The van der Waals surface area contributed by atoms with Crippen LogP contribution in [0, 0.1) is 0 Å². The molecule has 7 heteroatoms. The molecule has 1 aliphatic heterocycles. The van der Waals surface area contributed by atoms with E-state index in [1.54, 1.807) is 30.5 Å². The Morgan fingerprint density at radius 3 is 2.46 bits per heavy atom. The Bertz CT molecular complexity index is 1110. The predicted molar refractivity (Wildman–Crippen MR) is 96.9 cm³/mol. The van der Waals surface area contributed by atoms with Gasteiger partial charge in [0.15, 0.2) is 0 Å². The van der Waals surface area contributed by atoms with Gasteiger partial charge >= 0.3 is 0 Å². The molecule has 0 radical (unpaired) electrons. The number of carbonyl (C=O) groups excluding carboxylic acids is 2. The van der Waals surface area contributed by atoms with Crippen LogP contribution in [0.5, 0.6) is 0 Å². The zero-order valence-corrected chi connectivity index (χ0v) is 14.3. The summed E-state index contributed by atoms with van der Waals surface area (Å²) < 4.78 is 1.86. The zero-order chi connectivity index (χ0) is 17.7. The fourth-order valence-electron chi connectivity index (χ4n) is 3.09. The van der Waals surface area contributed by atoms with Crippen LogP contribution in [-0.2, 0) is 6.54 Å². The smallest absolute Gasteiger partial charge is 0.261 e. The van der Waals surface area contributed by atoms with Gasteiger partial charge in [0, 0.05) is 23.5 Å². The summed E-state index contributed by atoms with van der Waals surface area (Å²) >= 11 is 1.52.